The zero-order valence-corrected chi connectivity index (χ0v) is 11.1. The van der Waals surface area contributed by atoms with Crippen LogP contribution in [0.25, 0.3) is 0 Å². The van der Waals surface area contributed by atoms with Crippen molar-refractivity contribution in [1.82, 2.24) is 4.90 Å². The Hall–Kier alpha value is -0.0800. The van der Waals surface area contributed by atoms with Crippen molar-refractivity contribution >= 4 is 0 Å². The normalized spacial score (nSPS) is 23.0. The third-order valence-electron chi connectivity index (χ3n) is 3.36. The van der Waals surface area contributed by atoms with E-state index in [-0.39, 0.29) is 5.60 Å². The van der Waals surface area contributed by atoms with Crippen molar-refractivity contribution in [1.29, 1.82) is 0 Å². The Labute approximate surface area is 95.0 Å². The molecule has 0 unspecified atom stereocenters. The van der Waals surface area contributed by atoms with E-state index in [1.807, 2.05) is 0 Å². The zero-order chi connectivity index (χ0) is 11.5. The van der Waals surface area contributed by atoms with Gasteiger partial charge in [0, 0.05) is 0 Å². The van der Waals surface area contributed by atoms with Gasteiger partial charge in [-0.05, 0) is 58.7 Å². The second-order valence-corrected chi connectivity index (χ2v) is 6.15. The van der Waals surface area contributed by atoms with Gasteiger partial charge in [-0.15, -0.1) is 0 Å². The van der Waals surface area contributed by atoms with E-state index in [1.54, 1.807) is 0 Å². The van der Waals surface area contributed by atoms with Crippen molar-refractivity contribution in [3.05, 3.63) is 0 Å². The van der Waals surface area contributed by atoms with Gasteiger partial charge in [0.25, 0.3) is 0 Å². The summed E-state index contributed by atoms with van der Waals surface area (Å²) in [4.78, 5) is 2.53. The Kier molecular flexibility index (Phi) is 4.19. The number of piperidine rings is 1. The Morgan fingerprint density at radius 2 is 1.73 bits per heavy atom. The summed E-state index contributed by atoms with van der Waals surface area (Å²) >= 11 is 0. The number of nitrogens with zero attached hydrogens (tertiary/aromatic N) is 1. The maximum absolute atomic E-state index is 5.92. The van der Waals surface area contributed by atoms with Gasteiger partial charge in [0.2, 0.25) is 0 Å². The minimum absolute atomic E-state index is 0.00486. The molecule has 0 aromatic rings. The summed E-state index contributed by atoms with van der Waals surface area (Å²) < 4.78 is 5.92. The smallest absolute Gasteiger partial charge is 0.0598 e. The van der Waals surface area contributed by atoms with Crippen LogP contribution in [0.5, 0.6) is 0 Å². The zero-order valence-electron chi connectivity index (χ0n) is 11.1. The summed E-state index contributed by atoms with van der Waals surface area (Å²) in [5.41, 5.74) is 0.407. The average molecular weight is 213 g/mol. The molecule has 15 heavy (non-hydrogen) atoms. The van der Waals surface area contributed by atoms with Crippen molar-refractivity contribution in [2.75, 3.05) is 26.2 Å². The first-order valence-electron chi connectivity index (χ1n) is 6.21. The van der Waals surface area contributed by atoms with Gasteiger partial charge >= 0.3 is 0 Å². The standard InChI is InChI=1S/C13H27NO/c1-6-14-9-7-13(5,8-10-14)11-15-12(2,3)4/h6-11H2,1-5H3. The molecule has 0 bridgehead atoms. The number of rotatable bonds is 3. The third kappa shape index (κ3) is 4.52. The lowest BCUT2D eigenvalue weighted by Crippen LogP contribution is -2.42. The highest BCUT2D eigenvalue weighted by Crippen LogP contribution is 2.32. The highest BCUT2D eigenvalue weighted by Gasteiger charge is 2.31. The summed E-state index contributed by atoms with van der Waals surface area (Å²) in [5, 5.41) is 0. The van der Waals surface area contributed by atoms with Crippen LogP contribution >= 0.6 is 0 Å². The summed E-state index contributed by atoms with van der Waals surface area (Å²) in [5.74, 6) is 0. The minimum atomic E-state index is 0.00486. The minimum Gasteiger partial charge on any atom is -0.375 e. The molecule has 2 nitrogen and oxygen atoms in total. The fourth-order valence-corrected chi connectivity index (χ4v) is 1.94. The van der Waals surface area contributed by atoms with Gasteiger partial charge in [-0.1, -0.05) is 13.8 Å². The van der Waals surface area contributed by atoms with Gasteiger partial charge in [-0.2, -0.15) is 0 Å². The van der Waals surface area contributed by atoms with Crippen LogP contribution in [0, 0.1) is 5.41 Å². The second-order valence-electron chi connectivity index (χ2n) is 6.15. The molecule has 0 amide bonds. The van der Waals surface area contributed by atoms with E-state index < -0.39 is 0 Å². The highest BCUT2D eigenvalue weighted by atomic mass is 16.5. The van der Waals surface area contributed by atoms with Crippen molar-refractivity contribution in [2.45, 2.75) is 53.1 Å². The van der Waals surface area contributed by atoms with E-state index in [9.17, 15) is 0 Å². The quantitative estimate of drug-likeness (QED) is 0.714. The largest absolute Gasteiger partial charge is 0.375 e. The van der Waals surface area contributed by atoms with Crippen LogP contribution in [0.4, 0.5) is 0 Å². The molecule has 90 valence electrons. The number of hydrogen-bond acceptors (Lipinski definition) is 2. The van der Waals surface area contributed by atoms with Crippen molar-refractivity contribution in [3.8, 4) is 0 Å². The highest BCUT2D eigenvalue weighted by molar-refractivity contribution is 4.82. The molecule has 2 heteroatoms. The number of ether oxygens (including phenoxy) is 1. The Bertz CT molecular complexity index is 187. The molecule has 0 saturated carbocycles. The molecule has 1 fully saturated rings. The van der Waals surface area contributed by atoms with Gasteiger partial charge in [0.05, 0.1) is 12.2 Å². The summed E-state index contributed by atoms with van der Waals surface area (Å²) in [6, 6.07) is 0. The van der Waals surface area contributed by atoms with E-state index in [2.05, 4.69) is 39.5 Å². The molecule has 1 aliphatic heterocycles. The van der Waals surface area contributed by atoms with Crippen LogP contribution in [0.1, 0.15) is 47.5 Å². The fraction of sp³-hybridized carbons (Fsp3) is 1.00. The molecule has 1 saturated heterocycles. The van der Waals surface area contributed by atoms with Gasteiger partial charge < -0.3 is 9.64 Å². The van der Waals surface area contributed by atoms with Crippen LogP contribution in [-0.2, 0) is 4.74 Å². The van der Waals surface area contributed by atoms with E-state index in [0.29, 0.717) is 5.41 Å². The first kappa shape index (κ1) is 13.0. The van der Waals surface area contributed by atoms with E-state index in [0.717, 1.165) is 6.61 Å². The SMILES string of the molecule is CCN1CCC(C)(COC(C)(C)C)CC1. The van der Waals surface area contributed by atoms with Gasteiger partial charge in [-0.25, -0.2) is 0 Å². The number of likely N-dealkylation sites (tertiary alicyclic amines) is 1. The molecule has 0 aromatic heterocycles. The van der Waals surface area contributed by atoms with Gasteiger partial charge in [0.15, 0.2) is 0 Å². The van der Waals surface area contributed by atoms with Crippen LogP contribution in [-0.4, -0.2) is 36.7 Å². The van der Waals surface area contributed by atoms with E-state index in [4.69, 9.17) is 4.74 Å². The first-order valence-corrected chi connectivity index (χ1v) is 6.21. The Balaban J connectivity index is 2.35. The molecular weight excluding hydrogens is 186 g/mol. The van der Waals surface area contributed by atoms with Crippen LogP contribution in [0.15, 0.2) is 0 Å². The molecule has 0 aliphatic carbocycles. The molecular formula is C13H27NO. The predicted octanol–water partition coefficient (Wildman–Crippen LogP) is 2.92. The van der Waals surface area contributed by atoms with Crippen LogP contribution < -0.4 is 0 Å². The topological polar surface area (TPSA) is 12.5 Å². The second kappa shape index (κ2) is 4.84. The lowest BCUT2D eigenvalue weighted by molar-refractivity contribution is -0.0639. The first-order chi connectivity index (χ1) is 6.85. The van der Waals surface area contributed by atoms with Gasteiger partial charge in [-0.3, -0.25) is 0 Å². The summed E-state index contributed by atoms with van der Waals surface area (Å²) in [6.07, 6.45) is 2.55. The van der Waals surface area contributed by atoms with Crippen molar-refractivity contribution < 1.29 is 4.74 Å². The molecule has 1 rings (SSSR count). The van der Waals surface area contributed by atoms with E-state index in [1.165, 1.54) is 32.5 Å². The molecule has 0 aromatic carbocycles. The van der Waals surface area contributed by atoms with E-state index >= 15 is 0 Å². The van der Waals surface area contributed by atoms with Crippen molar-refractivity contribution in [2.24, 2.45) is 5.41 Å². The van der Waals surface area contributed by atoms with Gasteiger partial charge in [0.1, 0.15) is 0 Å². The average Bonchev–Trinajstić information content (AvgIpc) is 2.16. The Morgan fingerprint density at radius 1 is 1.20 bits per heavy atom. The maximum Gasteiger partial charge on any atom is 0.0598 e. The van der Waals surface area contributed by atoms with Crippen molar-refractivity contribution in [3.63, 3.8) is 0 Å². The third-order valence-corrected chi connectivity index (χ3v) is 3.36. The molecule has 1 heterocycles. The number of hydrogen-bond donors (Lipinski definition) is 0. The predicted molar refractivity (Wildman–Crippen MR) is 65.2 cm³/mol. The molecule has 1 aliphatic rings. The monoisotopic (exact) mass is 213 g/mol. The summed E-state index contributed by atoms with van der Waals surface area (Å²) in [7, 11) is 0. The molecule has 0 atom stereocenters. The molecule has 0 N–H and O–H groups in total. The molecule has 0 radical (unpaired) electrons. The Morgan fingerprint density at radius 3 is 2.13 bits per heavy atom. The fourth-order valence-electron chi connectivity index (χ4n) is 1.94. The lowest BCUT2D eigenvalue weighted by Gasteiger charge is -2.40. The van der Waals surface area contributed by atoms with Crippen LogP contribution in [0.2, 0.25) is 0 Å². The van der Waals surface area contributed by atoms with Crippen LogP contribution in [0.3, 0.4) is 0 Å². The lowest BCUT2D eigenvalue weighted by atomic mass is 9.81. The molecule has 0 spiro atoms. The maximum atomic E-state index is 5.92. The summed E-state index contributed by atoms with van der Waals surface area (Å²) in [6.45, 7) is 15.6.